The molecule has 0 bridgehead atoms. The van der Waals surface area contributed by atoms with Crippen LogP contribution in [0.2, 0.25) is 10.0 Å². The molecule has 0 fully saturated rings. The number of halogens is 3. The number of hydrogen-bond donors (Lipinski definition) is 1. The third-order valence-corrected chi connectivity index (χ3v) is 3.68. The SMILES string of the molecule is CN=C(NCc1nc(C)no1)N(C)Cc1ccc(Cl)c(Cl)c1.I. The summed E-state index contributed by atoms with van der Waals surface area (Å²) in [5.41, 5.74) is 1.04. The highest BCUT2D eigenvalue weighted by molar-refractivity contribution is 14.0. The number of hydrogen-bond acceptors (Lipinski definition) is 4. The van der Waals surface area contributed by atoms with Crippen LogP contribution in [0.5, 0.6) is 0 Å². The molecule has 0 saturated heterocycles. The average molecular weight is 470 g/mol. The van der Waals surface area contributed by atoms with Crippen molar-refractivity contribution in [1.82, 2.24) is 20.4 Å². The maximum Gasteiger partial charge on any atom is 0.246 e. The van der Waals surface area contributed by atoms with Gasteiger partial charge < -0.3 is 14.7 Å². The zero-order valence-electron chi connectivity index (χ0n) is 13.0. The van der Waals surface area contributed by atoms with E-state index in [1.165, 1.54) is 0 Å². The fraction of sp³-hybridized carbons (Fsp3) is 0.357. The van der Waals surface area contributed by atoms with Gasteiger partial charge in [0.25, 0.3) is 0 Å². The largest absolute Gasteiger partial charge is 0.347 e. The molecule has 0 atom stereocenters. The molecule has 23 heavy (non-hydrogen) atoms. The summed E-state index contributed by atoms with van der Waals surface area (Å²) in [6.07, 6.45) is 0. The van der Waals surface area contributed by atoms with Crippen molar-refractivity contribution in [2.45, 2.75) is 20.0 Å². The second-order valence-electron chi connectivity index (χ2n) is 4.74. The molecule has 126 valence electrons. The van der Waals surface area contributed by atoms with Gasteiger partial charge in [0.05, 0.1) is 16.6 Å². The summed E-state index contributed by atoms with van der Waals surface area (Å²) in [6.45, 7) is 2.83. The van der Waals surface area contributed by atoms with Crippen molar-refractivity contribution in [2.75, 3.05) is 14.1 Å². The molecule has 1 aromatic carbocycles. The van der Waals surface area contributed by atoms with Crippen LogP contribution in [0.3, 0.4) is 0 Å². The summed E-state index contributed by atoms with van der Waals surface area (Å²) in [5.74, 6) is 1.83. The molecule has 0 aliphatic carbocycles. The lowest BCUT2D eigenvalue weighted by Crippen LogP contribution is -2.38. The molecular formula is C14H18Cl2IN5O. The molecule has 0 radical (unpaired) electrons. The summed E-state index contributed by atoms with van der Waals surface area (Å²) >= 11 is 12.0. The maximum absolute atomic E-state index is 6.03. The highest BCUT2D eigenvalue weighted by Gasteiger charge is 2.10. The van der Waals surface area contributed by atoms with Crippen LogP contribution in [-0.2, 0) is 13.1 Å². The lowest BCUT2D eigenvalue weighted by Gasteiger charge is -2.21. The Kier molecular flexibility index (Phi) is 8.07. The first kappa shape index (κ1) is 20.0. The van der Waals surface area contributed by atoms with Crippen LogP contribution in [0.4, 0.5) is 0 Å². The number of aryl methyl sites for hydroxylation is 1. The van der Waals surface area contributed by atoms with Gasteiger partial charge in [-0.3, -0.25) is 4.99 Å². The highest BCUT2D eigenvalue weighted by Crippen LogP contribution is 2.23. The summed E-state index contributed by atoms with van der Waals surface area (Å²) in [7, 11) is 3.64. The molecular weight excluding hydrogens is 452 g/mol. The summed E-state index contributed by atoms with van der Waals surface area (Å²) in [5, 5.41) is 7.99. The lowest BCUT2D eigenvalue weighted by atomic mass is 10.2. The molecule has 6 nitrogen and oxygen atoms in total. The maximum atomic E-state index is 6.03. The molecule has 0 amide bonds. The third kappa shape index (κ3) is 5.82. The van der Waals surface area contributed by atoms with E-state index in [0.29, 0.717) is 40.8 Å². The fourth-order valence-corrected chi connectivity index (χ4v) is 2.26. The third-order valence-electron chi connectivity index (χ3n) is 2.94. The van der Waals surface area contributed by atoms with E-state index in [1.807, 2.05) is 24.1 Å². The number of benzene rings is 1. The zero-order valence-corrected chi connectivity index (χ0v) is 16.8. The highest BCUT2D eigenvalue weighted by atomic mass is 127. The second-order valence-corrected chi connectivity index (χ2v) is 5.56. The Morgan fingerprint density at radius 2 is 2.09 bits per heavy atom. The van der Waals surface area contributed by atoms with E-state index in [9.17, 15) is 0 Å². The van der Waals surface area contributed by atoms with Crippen molar-refractivity contribution in [1.29, 1.82) is 0 Å². The van der Waals surface area contributed by atoms with Crippen LogP contribution in [-0.4, -0.2) is 35.1 Å². The van der Waals surface area contributed by atoms with Crippen LogP contribution in [0.15, 0.2) is 27.7 Å². The first-order valence-corrected chi connectivity index (χ1v) is 7.40. The van der Waals surface area contributed by atoms with Crippen LogP contribution < -0.4 is 5.32 Å². The van der Waals surface area contributed by atoms with Gasteiger partial charge >= 0.3 is 0 Å². The normalized spacial score (nSPS) is 11.1. The van der Waals surface area contributed by atoms with E-state index < -0.39 is 0 Å². The summed E-state index contributed by atoms with van der Waals surface area (Å²) in [6, 6.07) is 5.55. The van der Waals surface area contributed by atoms with E-state index in [-0.39, 0.29) is 24.0 Å². The molecule has 0 aliphatic rings. The number of rotatable bonds is 4. The van der Waals surface area contributed by atoms with Crippen LogP contribution in [0.25, 0.3) is 0 Å². The van der Waals surface area contributed by atoms with Gasteiger partial charge in [-0.15, -0.1) is 24.0 Å². The minimum atomic E-state index is 0. The zero-order chi connectivity index (χ0) is 16.1. The van der Waals surface area contributed by atoms with Crippen molar-refractivity contribution >= 4 is 53.1 Å². The van der Waals surface area contributed by atoms with E-state index in [4.69, 9.17) is 27.7 Å². The van der Waals surface area contributed by atoms with Crippen LogP contribution in [0, 0.1) is 6.92 Å². The van der Waals surface area contributed by atoms with Crippen molar-refractivity contribution < 1.29 is 4.52 Å². The predicted octanol–water partition coefficient (Wildman–Crippen LogP) is 3.51. The molecule has 1 N–H and O–H groups in total. The van der Waals surface area contributed by atoms with Gasteiger partial charge in [-0.25, -0.2) is 0 Å². The lowest BCUT2D eigenvalue weighted by molar-refractivity contribution is 0.368. The molecule has 0 aliphatic heterocycles. The Morgan fingerprint density at radius 3 is 2.65 bits per heavy atom. The molecule has 1 heterocycles. The van der Waals surface area contributed by atoms with E-state index in [2.05, 4.69) is 20.4 Å². The Hall–Kier alpha value is -1.06. The minimum absolute atomic E-state index is 0. The smallest absolute Gasteiger partial charge is 0.246 e. The fourth-order valence-electron chi connectivity index (χ4n) is 1.94. The predicted molar refractivity (Wildman–Crippen MR) is 103 cm³/mol. The van der Waals surface area contributed by atoms with Gasteiger partial charge in [-0.1, -0.05) is 34.4 Å². The average Bonchev–Trinajstić information content (AvgIpc) is 2.89. The van der Waals surface area contributed by atoms with E-state index in [0.717, 1.165) is 5.56 Å². The topological polar surface area (TPSA) is 66.5 Å². The molecule has 2 rings (SSSR count). The Balaban J connectivity index is 0.00000264. The number of nitrogens with zero attached hydrogens (tertiary/aromatic N) is 4. The van der Waals surface area contributed by atoms with Crippen molar-refractivity contribution in [3.8, 4) is 0 Å². The van der Waals surface area contributed by atoms with Gasteiger partial charge in [0.1, 0.15) is 0 Å². The number of nitrogens with one attached hydrogen (secondary N) is 1. The molecule has 0 unspecified atom stereocenters. The minimum Gasteiger partial charge on any atom is -0.347 e. The molecule has 9 heteroatoms. The first-order chi connectivity index (χ1) is 10.5. The standard InChI is InChI=1S/C14H17Cl2N5O.HI/c1-9-19-13(22-20-9)7-18-14(17-2)21(3)8-10-4-5-11(15)12(16)6-10;/h4-6H,7-8H2,1-3H3,(H,17,18);1H. The van der Waals surface area contributed by atoms with Gasteiger partial charge in [-0.05, 0) is 24.6 Å². The van der Waals surface area contributed by atoms with Crippen LogP contribution in [0.1, 0.15) is 17.3 Å². The van der Waals surface area contributed by atoms with Gasteiger partial charge in [0.15, 0.2) is 11.8 Å². The molecule has 0 saturated carbocycles. The monoisotopic (exact) mass is 469 g/mol. The van der Waals surface area contributed by atoms with E-state index >= 15 is 0 Å². The van der Waals surface area contributed by atoms with Gasteiger partial charge in [-0.2, -0.15) is 4.98 Å². The molecule has 1 aromatic heterocycles. The molecule has 0 spiro atoms. The number of guanidine groups is 1. The van der Waals surface area contributed by atoms with Gasteiger partial charge in [0.2, 0.25) is 5.89 Å². The van der Waals surface area contributed by atoms with E-state index in [1.54, 1.807) is 20.0 Å². The Labute approximate surface area is 162 Å². The first-order valence-electron chi connectivity index (χ1n) is 6.64. The quantitative estimate of drug-likeness (QED) is 0.421. The Bertz CT molecular complexity index is 677. The summed E-state index contributed by atoms with van der Waals surface area (Å²) < 4.78 is 5.06. The number of aliphatic imine (C=N–C) groups is 1. The summed E-state index contributed by atoms with van der Waals surface area (Å²) in [4.78, 5) is 10.3. The number of aromatic nitrogens is 2. The Morgan fingerprint density at radius 1 is 1.35 bits per heavy atom. The van der Waals surface area contributed by atoms with Crippen molar-refractivity contribution in [3.05, 3.63) is 45.5 Å². The molecule has 2 aromatic rings. The van der Waals surface area contributed by atoms with Crippen molar-refractivity contribution in [2.24, 2.45) is 4.99 Å². The van der Waals surface area contributed by atoms with Gasteiger partial charge in [0, 0.05) is 20.6 Å². The second kappa shape index (κ2) is 9.29. The van der Waals surface area contributed by atoms with Crippen molar-refractivity contribution in [3.63, 3.8) is 0 Å². The van der Waals surface area contributed by atoms with Crippen LogP contribution >= 0.6 is 47.2 Å².